The summed E-state index contributed by atoms with van der Waals surface area (Å²) in [6, 6.07) is 0. The molecule has 0 bridgehead atoms. The van der Waals surface area contributed by atoms with Crippen molar-refractivity contribution in [3.05, 3.63) is 0 Å². The summed E-state index contributed by atoms with van der Waals surface area (Å²) >= 11 is 0. The van der Waals surface area contributed by atoms with Crippen molar-refractivity contribution in [2.75, 3.05) is 0 Å². The topological polar surface area (TPSA) is 161 Å². The van der Waals surface area contributed by atoms with Gasteiger partial charge in [0.1, 0.15) is 0 Å². The Balaban J connectivity index is -0.000000233. The van der Waals surface area contributed by atoms with E-state index in [-0.39, 0.29) is 80.5 Å². The van der Waals surface area contributed by atoms with Gasteiger partial charge in [-0.25, -0.2) is 0 Å². The Kier molecular flexibility index (Phi) is 101. The third-order valence-electron chi connectivity index (χ3n) is 15.9. The number of carbonyl (C=O) groups is 4. The molecule has 0 aliphatic rings. The monoisotopic (exact) mass is 1230 g/mol. The van der Waals surface area contributed by atoms with Crippen molar-refractivity contribution in [1.29, 1.82) is 0 Å². The molecule has 0 aromatic carbocycles. The Morgan fingerprint density at radius 1 is 0.171 bits per heavy atom. The summed E-state index contributed by atoms with van der Waals surface area (Å²) in [6.45, 7) is 9.07. The summed E-state index contributed by atoms with van der Waals surface area (Å²) in [6.07, 6.45) is 79.4. The molecule has 0 aliphatic heterocycles. The maximum Gasteiger partial charge on any atom is 2.00 e. The summed E-state index contributed by atoms with van der Waals surface area (Å²) in [5.74, 6) is -3.61. The van der Waals surface area contributed by atoms with Crippen LogP contribution in [0.1, 0.15) is 439 Å². The van der Waals surface area contributed by atoms with Gasteiger partial charge in [-0.3, -0.25) is 0 Å². The van der Waals surface area contributed by atoms with Gasteiger partial charge >= 0.3 is 54.8 Å². The molecule has 0 atom stereocenters. The molecule has 0 rings (SSSR count). The van der Waals surface area contributed by atoms with E-state index < -0.39 is 23.9 Å². The van der Waals surface area contributed by atoms with Gasteiger partial charge in [0.05, 0.1) is 0 Å². The van der Waals surface area contributed by atoms with Crippen LogP contribution in [0.5, 0.6) is 0 Å². The maximum atomic E-state index is 10.2. The molecule has 0 fully saturated rings. The molecule has 0 amide bonds. The number of carbonyl (C=O) groups excluding carboxylic acids is 4. The number of hydrogen-bond acceptors (Lipinski definition) is 8. The normalized spacial score (nSPS) is 10.6. The van der Waals surface area contributed by atoms with E-state index in [9.17, 15) is 39.6 Å². The molecule has 0 aromatic heterocycles. The van der Waals surface area contributed by atoms with Gasteiger partial charge < -0.3 is 39.6 Å². The van der Waals surface area contributed by atoms with Crippen LogP contribution in [-0.2, 0) is 36.2 Å². The number of carboxylic acid groups (broad SMARTS) is 4. The maximum absolute atomic E-state index is 10.2. The molecule has 10 heteroatoms. The van der Waals surface area contributed by atoms with E-state index in [0.717, 1.165) is 51.4 Å². The van der Waals surface area contributed by atoms with Crippen molar-refractivity contribution in [1.82, 2.24) is 0 Å². The van der Waals surface area contributed by atoms with Crippen molar-refractivity contribution < 1.29 is 56.7 Å². The van der Waals surface area contributed by atoms with Gasteiger partial charge in [-0.1, -0.05) is 387 Å². The average molecular weight is 1230 g/mol. The van der Waals surface area contributed by atoms with E-state index >= 15 is 0 Å². The molecule has 0 aromatic rings. The fourth-order valence-electron chi connectivity index (χ4n) is 10.6. The Morgan fingerprint density at radius 3 is 0.317 bits per heavy atom. The van der Waals surface area contributed by atoms with Crippen LogP contribution in [0.2, 0.25) is 0 Å². The Labute approximate surface area is 552 Å². The molecule has 82 heavy (non-hydrogen) atoms. The number of carboxylic acids is 4. The second-order valence-electron chi connectivity index (χ2n) is 24.3. The zero-order valence-corrected chi connectivity index (χ0v) is 58.9. The van der Waals surface area contributed by atoms with Crippen molar-refractivity contribution in [2.45, 2.75) is 439 Å². The molecular formula is C72H140CaFeO8. The zero-order chi connectivity index (χ0) is 59.6. The first kappa shape index (κ1) is 92.8. The van der Waals surface area contributed by atoms with E-state index in [0.29, 0.717) is 0 Å². The molecule has 0 heterocycles. The molecular weight excluding hydrogens is 1090 g/mol. The Hall–Kier alpha value is -0.341. The van der Waals surface area contributed by atoms with Crippen LogP contribution in [0.15, 0.2) is 0 Å². The van der Waals surface area contributed by atoms with E-state index in [1.165, 1.54) is 334 Å². The standard InChI is InChI=1S/4C18H36O2.Ca.Fe/c4*1-2-3-4-5-6-7-8-9-10-11-12-13-14-15-16-17-18(19)20;;/h4*2-17H2,1H3,(H,19,20);;/q;;;;2*+2/p-4. The number of rotatable bonds is 64. The van der Waals surface area contributed by atoms with Crippen LogP contribution in [0.4, 0.5) is 0 Å². The first-order chi connectivity index (χ1) is 39.1. The second-order valence-corrected chi connectivity index (χ2v) is 24.3. The largest absolute Gasteiger partial charge is 2.00 e. The Morgan fingerprint density at radius 2 is 0.244 bits per heavy atom. The summed E-state index contributed by atoms with van der Waals surface area (Å²) in [5, 5.41) is 40.9. The van der Waals surface area contributed by atoms with Crippen molar-refractivity contribution in [2.24, 2.45) is 0 Å². The van der Waals surface area contributed by atoms with Crippen LogP contribution < -0.4 is 20.4 Å². The number of unbranched alkanes of at least 4 members (excludes halogenated alkanes) is 56. The number of aliphatic carboxylic acids is 4. The summed E-state index contributed by atoms with van der Waals surface area (Å²) < 4.78 is 0. The minimum atomic E-state index is -0.903. The third kappa shape index (κ3) is 108. The first-order valence-electron chi connectivity index (χ1n) is 35.9. The van der Waals surface area contributed by atoms with Crippen LogP contribution in [0, 0.1) is 0 Å². The number of hydrogen-bond donors (Lipinski definition) is 0. The molecule has 8 nitrogen and oxygen atoms in total. The van der Waals surface area contributed by atoms with Gasteiger partial charge in [0, 0.05) is 23.9 Å². The SMILES string of the molecule is CCCCCCCCCCCCCCCCCC(=O)[O-].CCCCCCCCCCCCCCCCCC(=O)[O-].CCCCCCCCCCCCCCCCCC(=O)[O-].CCCCCCCCCCCCCCCCCC(=O)[O-].[Ca+2].[Fe+2]. The van der Waals surface area contributed by atoms with Gasteiger partial charge in [-0.2, -0.15) is 0 Å². The molecule has 0 saturated carbocycles. The fraction of sp³-hybridized carbons (Fsp3) is 0.944. The fourth-order valence-corrected chi connectivity index (χ4v) is 10.6. The van der Waals surface area contributed by atoms with Crippen LogP contribution in [0.3, 0.4) is 0 Å². The second kappa shape index (κ2) is 89.4. The van der Waals surface area contributed by atoms with Crippen LogP contribution in [0.25, 0.3) is 0 Å². The predicted molar refractivity (Wildman–Crippen MR) is 344 cm³/mol. The van der Waals surface area contributed by atoms with Crippen LogP contribution in [-0.4, -0.2) is 61.6 Å². The minimum Gasteiger partial charge on any atom is -0.550 e. The van der Waals surface area contributed by atoms with Gasteiger partial charge in [-0.15, -0.1) is 0 Å². The van der Waals surface area contributed by atoms with E-state index in [1.807, 2.05) is 0 Å². The zero-order valence-electron chi connectivity index (χ0n) is 55.6. The molecule has 0 saturated heterocycles. The third-order valence-corrected chi connectivity index (χ3v) is 15.9. The molecule has 0 aliphatic carbocycles. The average Bonchev–Trinajstić information content (AvgIpc) is 3.43. The van der Waals surface area contributed by atoms with Crippen LogP contribution >= 0.6 is 0 Å². The van der Waals surface area contributed by atoms with E-state index in [4.69, 9.17) is 0 Å². The molecule has 486 valence electrons. The quantitative estimate of drug-likeness (QED) is 0.0430. The predicted octanol–water partition coefficient (Wildman–Crippen LogP) is 19.6. The molecule has 0 radical (unpaired) electrons. The van der Waals surface area contributed by atoms with Gasteiger partial charge in [-0.05, 0) is 51.4 Å². The summed E-state index contributed by atoms with van der Waals surface area (Å²) in [7, 11) is 0. The van der Waals surface area contributed by atoms with Gasteiger partial charge in [0.2, 0.25) is 0 Å². The van der Waals surface area contributed by atoms with Crippen molar-refractivity contribution >= 4 is 61.6 Å². The van der Waals surface area contributed by atoms with Gasteiger partial charge in [0.15, 0.2) is 0 Å². The molecule has 0 N–H and O–H groups in total. The van der Waals surface area contributed by atoms with E-state index in [2.05, 4.69) is 27.7 Å². The summed E-state index contributed by atoms with van der Waals surface area (Å²) in [5.41, 5.74) is 0. The minimum absolute atomic E-state index is 0. The summed E-state index contributed by atoms with van der Waals surface area (Å²) in [4.78, 5) is 40.9. The van der Waals surface area contributed by atoms with E-state index in [1.54, 1.807) is 0 Å². The first-order valence-corrected chi connectivity index (χ1v) is 35.9. The molecule has 0 unspecified atom stereocenters. The molecule has 0 spiro atoms. The van der Waals surface area contributed by atoms with Gasteiger partial charge in [0.25, 0.3) is 0 Å². The van der Waals surface area contributed by atoms with Crippen molar-refractivity contribution in [3.63, 3.8) is 0 Å². The Bertz CT molecular complexity index is 998. The smallest absolute Gasteiger partial charge is 0.550 e. The van der Waals surface area contributed by atoms with Crippen molar-refractivity contribution in [3.8, 4) is 0 Å².